The molecule has 0 radical (unpaired) electrons. The Morgan fingerprint density at radius 2 is 2.14 bits per heavy atom. The minimum atomic E-state index is -1.41. The molecule has 1 atom stereocenters. The minimum absolute atomic E-state index is 0.163. The van der Waals surface area contributed by atoms with E-state index in [1.807, 2.05) is 0 Å². The highest BCUT2D eigenvalue weighted by atomic mass is 127. The predicted molar refractivity (Wildman–Crippen MR) is 60.7 cm³/mol. The molecule has 0 amide bonds. The van der Waals surface area contributed by atoms with Crippen molar-refractivity contribution in [1.29, 1.82) is 0 Å². The van der Waals surface area contributed by atoms with Gasteiger partial charge in [0.2, 0.25) is 0 Å². The summed E-state index contributed by atoms with van der Waals surface area (Å²) >= 11 is 1.59. The molecule has 0 bridgehead atoms. The van der Waals surface area contributed by atoms with Crippen LogP contribution in [0.3, 0.4) is 0 Å². The van der Waals surface area contributed by atoms with Crippen LogP contribution in [0.1, 0.15) is 12.5 Å². The van der Waals surface area contributed by atoms with Gasteiger partial charge in [0.25, 0.3) is 21.2 Å². The second-order valence-electron chi connectivity index (χ2n) is 2.51. The van der Waals surface area contributed by atoms with Gasteiger partial charge in [-0.05, 0) is 19.1 Å². The fraction of sp³-hybridized carbons (Fsp3) is 0.125. The van der Waals surface area contributed by atoms with Crippen LogP contribution in [-0.4, -0.2) is 10.3 Å². The Morgan fingerprint density at radius 1 is 1.50 bits per heavy atom. The maximum atomic E-state index is 13.1. The van der Waals surface area contributed by atoms with E-state index in [1.54, 1.807) is 21.2 Å². The van der Waals surface area contributed by atoms with Gasteiger partial charge in [0.15, 0.2) is 8.53 Å². The second kappa shape index (κ2) is 5.04. The van der Waals surface area contributed by atoms with E-state index in [2.05, 4.69) is 4.40 Å². The van der Waals surface area contributed by atoms with Crippen molar-refractivity contribution in [1.82, 2.24) is 0 Å². The third-order valence-corrected chi connectivity index (χ3v) is 2.54. The molecule has 1 unspecified atom stereocenters. The fourth-order valence-electron chi connectivity index (χ4n) is 0.940. The molecule has 0 spiro atoms. The van der Waals surface area contributed by atoms with Crippen molar-refractivity contribution < 1.29 is 13.3 Å². The number of hydrogen-bond acceptors (Lipinski definition) is 2. The Bertz CT molecular complexity index is 370. The summed E-state index contributed by atoms with van der Waals surface area (Å²) in [6, 6.07) is 3.17. The molecular formula is C8H6F2INOS. The molecule has 0 heterocycles. The number of benzene rings is 1. The summed E-state index contributed by atoms with van der Waals surface area (Å²) in [6.45, 7) is 1.52. The van der Waals surface area contributed by atoms with Crippen LogP contribution in [0.2, 0.25) is 0 Å². The highest BCUT2D eigenvalue weighted by molar-refractivity contribution is 14.2. The number of nitrogens with zero attached hydrogens (tertiary/aromatic N) is 1. The molecule has 0 aliphatic heterocycles. The first-order valence-corrected chi connectivity index (χ1v) is 7.24. The lowest BCUT2D eigenvalue weighted by Crippen LogP contribution is -2.01. The lowest BCUT2D eigenvalue weighted by atomic mass is 10.1. The molecule has 0 saturated carbocycles. The molecule has 0 saturated heterocycles. The molecule has 0 N–H and O–H groups in total. The average molecular weight is 329 g/mol. The lowest BCUT2D eigenvalue weighted by Gasteiger charge is -2.01. The van der Waals surface area contributed by atoms with E-state index in [-0.39, 0.29) is 11.3 Å². The number of halogens is 3. The Balaban J connectivity index is 3.07. The third-order valence-electron chi connectivity index (χ3n) is 1.53. The van der Waals surface area contributed by atoms with Gasteiger partial charge in [0, 0.05) is 11.6 Å². The van der Waals surface area contributed by atoms with Gasteiger partial charge in [-0.25, -0.2) is 8.78 Å². The van der Waals surface area contributed by atoms with Crippen LogP contribution in [0.25, 0.3) is 0 Å². The minimum Gasteiger partial charge on any atom is -0.583 e. The van der Waals surface area contributed by atoms with E-state index in [0.29, 0.717) is 0 Å². The molecule has 0 aromatic heterocycles. The zero-order chi connectivity index (χ0) is 10.7. The van der Waals surface area contributed by atoms with Gasteiger partial charge in [-0.1, -0.05) is 4.40 Å². The first kappa shape index (κ1) is 11.9. The molecule has 1 rings (SSSR count). The Morgan fingerprint density at radius 3 is 2.64 bits per heavy atom. The monoisotopic (exact) mass is 329 g/mol. The van der Waals surface area contributed by atoms with Crippen molar-refractivity contribution >= 4 is 35.5 Å². The third kappa shape index (κ3) is 3.18. The molecule has 1 aromatic carbocycles. The van der Waals surface area contributed by atoms with Gasteiger partial charge in [-0.2, -0.15) is 0 Å². The van der Waals surface area contributed by atoms with Crippen molar-refractivity contribution in [2.24, 2.45) is 4.40 Å². The molecule has 0 aliphatic carbocycles. The van der Waals surface area contributed by atoms with Crippen LogP contribution >= 0.6 is 21.2 Å². The summed E-state index contributed by atoms with van der Waals surface area (Å²) in [5, 5.41) is 0. The van der Waals surface area contributed by atoms with Crippen molar-refractivity contribution in [3.63, 3.8) is 0 Å². The van der Waals surface area contributed by atoms with Crippen LogP contribution in [0.4, 0.5) is 8.78 Å². The van der Waals surface area contributed by atoms with E-state index in [9.17, 15) is 13.3 Å². The molecule has 14 heavy (non-hydrogen) atoms. The van der Waals surface area contributed by atoms with Crippen molar-refractivity contribution in [3.05, 3.63) is 35.4 Å². The van der Waals surface area contributed by atoms with E-state index < -0.39 is 20.2 Å². The second-order valence-corrected chi connectivity index (χ2v) is 5.36. The van der Waals surface area contributed by atoms with Crippen LogP contribution in [-0.2, 0) is 8.53 Å². The Kier molecular flexibility index (Phi) is 4.27. The van der Waals surface area contributed by atoms with Gasteiger partial charge < -0.3 is 4.55 Å². The van der Waals surface area contributed by atoms with Gasteiger partial charge in [0.1, 0.15) is 11.6 Å². The first-order chi connectivity index (χ1) is 6.50. The maximum Gasteiger partial charge on any atom is 0.283 e. The zero-order valence-corrected chi connectivity index (χ0v) is 10.1. The first-order valence-electron chi connectivity index (χ1n) is 3.59. The maximum absolute atomic E-state index is 13.1. The van der Waals surface area contributed by atoms with E-state index >= 15 is 0 Å². The van der Waals surface area contributed by atoms with E-state index in [1.165, 1.54) is 13.0 Å². The van der Waals surface area contributed by atoms with Gasteiger partial charge in [-0.3, -0.25) is 0 Å². The van der Waals surface area contributed by atoms with E-state index in [0.717, 1.165) is 12.1 Å². The summed E-state index contributed by atoms with van der Waals surface area (Å²) in [5.41, 5.74) is 0.451. The molecule has 1 aromatic rings. The number of rotatable bonds is 2. The smallest absolute Gasteiger partial charge is 0.283 e. The van der Waals surface area contributed by atoms with Crippen LogP contribution in [0, 0.1) is 11.6 Å². The molecule has 0 aliphatic rings. The molecule has 76 valence electrons. The van der Waals surface area contributed by atoms with Crippen molar-refractivity contribution in [2.45, 2.75) is 6.92 Å². The quantitative estimate of drug-likeness (QED) is 0.467. The van der Waals surface area contributed by atoms with Gasteiger partial charge >= 0.3 is 0 Å². The lowest BCUT2D eigenvalue weighted by molar-refractivity contribution is 0.581. The highest BCUT2D eigenvalue weighted by Gasteiger charge is 2.09. The normalized spacial score (nSPS) is 14.2. The molecule has 6 heteroatoms. The van der Waals surface area contributed by atoms with Gasteiger partial charge in [0.05, 0.1) is 5.71 Å². The molecule has 0 fully saturated rings. The summed E-state index contributed by atoms with van der Waals surface area (Å²) < 4.78 is 40.0. The fourth-order valence-corrected chi connectivity index (χ4v) is 2.14. The summed E-state index contributed by atoms with van der Waals surface area (Å²) in [6.07, 6.45) is 0. The van der Waals surface area contributed by atoms with Crippen LogP contribution in [0.15, 0.2) is 22.6 Å². The van der Waals surface area contributed by atoms with E-state index in [4.69, 9.17) is 0 Å². The van der Waals surface area contributed by atoms with Crippen LogP contribution < -0.4 is 0 Å². The topological polar surface area (TPSA) is 35.4 Å². The predicted octanol–water partition coefficient (Wildman–Crippen LogP) is 2.79. The summed E-state index contributed by atoms with van der Waals surface area (Å²) in [4.78, 5) is 0. The summed E-state index contributed by atoms with van der Waals surface area (Å²) in [5.74, 6) is -1.34. The highest BCUT2D eigenvalue weighted by Crippen LogP contribution is 2.13. The van der Waals surface area contributed by atoms with Crippen LogP contribution in [0.5, 0.6) is 0 Å². The Hall–Kier alpha value is -0.210. The largest absolute Gasteiger partial charge is 0.583 e. The zero-order valence-electron chi connectivity index (χ0n) is 7.13. The standard InChI is InChI=1S/C8H6F2INOS/c1-5(12-14(11)13)7-3-2-6(9)4-8(7)10/h2-4H,1H3/b12-5+. The SMILES string of the molecule is C/C(=N\[S+]([O-])I)c1ccc(F)cc1F. The average Bonchev–Trinajstić information content (AvgIpc) is 2.01. The Labute approximate surface area is 95.3 Å². The number of hydrogen-bond donors (Lipinski definition) is 0. The molecular weight excluding hydrogens is 323 g/mol. The van der Waals surface area contributed by atoms with Crippen molar-refractivity contribution in [3.8, 4) is 0 Å². The molecule has 2 nitrogen and oxygen atoms in total. The van der Waals surface area contributed by atoms with Gasteiger partial charge in [-0.15, -0.1) is 0 Å². The summed E-state index contributed by atoms with van der Waals surface area (Å²) in [7, 11) is -1.41. The van der Waals surface area contributed by atoms with Crippen molar-refractivity contribution in [2.75, 3.05) is 0 Å².